The third-order valence-corrected chi connectivity index (χ3v) is 10.7. The zero-order chi connectivity index (χ0) is 28.0. The van der Waals surface area contributed by atoms with Crippen molar-refractivity contribution in [3.63, 3.8) is 0 Å². The number of imidazole rings is 1. The Morgan fingerprint density at radius 3 is 2.32 bits per heavy atom. The van der Waals surface area contributed by atoms with Crippen molar-refractivity contribution >= 4 is 32.7 Å². The number of carbonyl (C=O) groups excluding carboxylic acids is 2. The summed E-state index contributed by atoms with van der Waals surface area (Å²) in [5.41, 5.74) is 1.95. The number of hydrogen-bond acceptors (Lipinski definition) is 6. The number of benzene rings is 1. The van der Waals surface area contributed by atoms with E-state index in [-0.39, 0.29) is 17.9 Å². The van der Waals surface area contributed by atoms with E-state index in [9.17, 15) is 9.59 Å². The van der Waals surface area contributed by atoms with Crippen molar-refractivity contribution in [1.82, 2.24) is 20.2 Å². The molecule has 2 saturated heterocycles. The van der Waals surface area contributed by atoms with Gasteiger partial charge in [0.05, 0.1) is 38.1 Å². The van der Waals surface area contributed by atoms with Crippen molar-refractivity contribution in [1.29, 1.82) is 0 Å². The first-order valence-corrected chi connectivity index (χ1v) is 16.7. The van der Waals surface area contributed by atoms with Crippen LogP contribution in [0.15, 0.2) is 30.5 Å². The zero-order valence-corrected chi connectivity index (χ0v) is 25.0. The van der Waals surface area contributed by atoms with Crippen LogP contribution in [-0.2, 0) is 18.8 Å². The molecule has 0 spiro atoms. The molecule has 4 rings (SSSR count). The fraction of sp³-hybridized carbons (Fsp3) is 0.593. The summed E-state index contributed by atoms with van der Waals surface area (Å²) >= 11 is 0. The van der Waals surface area contributed by atoms with E-state index in [0.29, 0.717) is 6.17 Å². The molecule has 2 atom stereocenters. The lowest BCUT2D eigenvalue weighted by Gasteiger charge is -2.32. The predicted molar refractivity (Wildman–Crippen MR) is 151 cm³/mol. The molecule has 2 aliphatic rings. The van der Waals surface area contributed by atoms with E-state index in [0.717, 1.165) is 28.6 Å². The Kier molecular flexibility index (Phi) is 7.59. The molecule has 11 heteroatoms. The van der Waals surface area contributed by atoms with E-state index in [4.69, 9.17) is 19.0 Å². The molecule has 0 unspecified atom stereocenters. The first kappa shape index (κ1) is 28.4. The molecule has 2 aromatic rings. The van der Waals surface area contributed by atoms with Crippen LogP contribution in [0.4, 0.5) is 4.79 Å². The minimum Gasteiger partial charge on any atom is -0.453 e. The lowest BCUT2D eigenvalue weighted by molar-refractivity contribution is -0.135. The van der Waals surface area contributed by atoms with Gasteiger partial charge in [-0.1, -0.05) is 51.2 Å². The highest BCUT2D eigenvalue weighted by atomic mass is 28.3. The molecular formula is C27H41BN4O5Si. The maximum atomic E-state index is 13.7. The third-order valence-electron chi connectivity index (χ3n) is 8.04. The summed E-state index contributed by atoms with van der Waals surface area (Å²) in [6.07, 6.45) is 2.00. The Balaban J connectivity index is 1.54. The van der Waals surface area contributed by atoms with E-state index in [1.165, 1.54) is 7.11 Å². The summed E-state index contributed by atoms with van der Waals surface area (Å²) in [7, 11) is -0.795. The van der Waals surface area contributed by atoms with Crippen LogP contribution in [0.1, 0.15) is 53.4 Å². The number of amides is 2. The summed E-state index contributed by atoms with van der Waals surface area (Å²) < 4.78 is 17.1. The largest absolute Gasteiger partial charge is 0.494 e. The average Bonchev–Trinajstić information content (AvgIpc) is 3.50. The van der Waals surface area contributed by atoms with Crippen LogP contribution >= 0.6 is 0 Å². The van der Waals surface area contributed by atoms with Crippen LogP contribution in [0, 0.1) is 5.92 Å². The highest BCUT2D eigenvalue weighted by Crippen LogP contribution is 2.39. The number of aromatic nitrogens is 2. The molecule has 2 N–H and O–H groups in total. The van der Waals surface area contributed by atoms with Crippen LogP contribution in [-0.4, -0.2) is 72.6 Å². The molecule has 2 fully saturated rings. The maximum absolute atomic E-state index is 13.7. The van der Waals surface area contributed by atoms with Crippen molar-refractivity contribution in [2.24, 2.45) is 5.92 Å². The predicted octanol–water partition coefficient (Wildman–Crippen LogP) is 3.89. The summed E-state index contributed by atoms with van der Waals surface area (Å²) in [5, 5.41) is 2.72. The lowest BCUT2D eigenvalue weighted by Crippen LogP contribution is -2.52. The van der Waals surface area contributed by atoms with Crippen LogP contribution in [0.25, 0.3) is 11.3 Å². The molecule has 3 heterocycles. The van der Waals surface area contributed by atoms with E-state index < -0.39 is 38.5 Å². The minimum absolute atomic E-state index is 0.0812. The van der Waals surface area contributed by atoms with Crippen LogP contribution < -0.4 is 10.8 Å². The van der Waals surface area contributed by atoms with Crippen LogP contribution in [0.2, 0.25) is 19.1 Å². The van der Waals surface area contributed by atoms with Gasteiger partial charge < -0.3 is 29.2 Å². The Bertz CT molecular complexity index is 1160. The standard InChI is InChI=1S/C27H41BN4O5Si/c1-17(2)22(31-25(34)35-7)24(33)32-16-38(8,9)15-21(32)23-29-14-20(30-23)18-10-12-19(13-11-18)28-36-26(3,4)27(5,6)37-28/h10-14,17,21-22H,15-16H2,1-9H3,(H,29,30)(H,31,34)/t21-,22-/m0/s1. The second-order valence-electron chi connectivity index (χ2n) is 12.6. The number of nitrogens with one attached hydrogen (secondary N) is 2. The van der Waals surface area contributed by atoms with Gasteiger partial charge in [-0.3, -0.25) is 4.79 Å². The number of ether oxygens (including phenoxy) is 1. The number of carbonyl (C=O) groups is 2. The monoisotopic (exact) mass is 540 g/mol. The molecule has 9 nitrogen and oxygen atoms in total. The van der Waals surface area contributed by atoms with Gasteiger partial charge in [0, 0.05) is 17.9 Å². The zero-order valence-electron chi connectivity index (χ0n) is 24.0. The summed E-state index contributed by atoms with van der Waals surface area (Å²) in [4.78, 5) is 35.7. The summed E-state index contributed by atoms with van der Waals surface area (Å²) in [6.45, 7) is 16.6. The molecule has 2 aliphatic heterocycles. The van der Waals surface area contributed by atoms with Crippen molar-refractivity contribution in [2.75, 3.05) is 13.3 Å². The van der Waals surface area contributed by atoms with Gasteiger partial charge in [0.15, 0.2) is 0 Å². The topological polar surface area (TPSA) is 106 Å². The fourth-order valence-corrected chi connectivity index (χ4v) is 7.96. The molecule has 38 heavy (non-hydrogen) atoms. The lowest BCUT2D eigenvalue weighted by atomic mass is 9.79. The van der Waals surface area contributed by atoms with Gasteiger partial charge in [-0.05, 0) is 45.1 Å². The summed E-state index contributed by atoms with van der Waals surface area (Å²) in [6, 6.07) is 8.14. The quantitative estimate of drug-likeness (QED) is 0.539. The second-order valence-corrected chi connectivity index (χ2v) is 17.6. The van der Waals surface area contributed by atoms with Gasteiger partial charge >= 0.3 is 13.2 Å². The van der Waals surface area contributed by atoms with E-state index in [1.807, 2.05) is 76.9 Å². The summed E-state index contributed by atoms with van der Waals surface area (Å²) in [5.74, 6) is 0.586. The maximum Gasteiger partial charge on any atom is 0.494 e. The Hall–Kier alpha value is -2.63. The van der Waals surface area contributed by atoms with Gasteiger partial charge in [0.1, 0.15) is 11.9 Å². The Morgan fingerprint density at radius 2 is 1.76 bits per heavy atom. The van der Waals surface area contributed by atoms with Crippen LogP contribution in [0.3, 0.4) is 0 Å². The number of nitrogens with zero attached hydrogens (tertiary/aromatic N) is 2. The highest BCUT2D eigenvalue weighted by Gasteiger charge is 2.51. The fourth-order valence-electron chi connectivity index (χ4n) is 5.07. The van der Waals surface area contributed by atoms with E-state index in [1.54, 1.807) is 0 Å². The SMILES string of the molecule is COC(=O)N[C@H](C(=O)N1C[Si](C)(C)C[C@H]1c1nc(-c2ccc(B3OC(C)(C)C(C)(C)O3)cc2)c[nH]1)C(C)C. The first-order valence-electron chi connectivity index (χ1n) is 13.3. The second kappa shape index (κ2) is 10.2. The molecule has 206 valence electrons. The number of rotatable bonds is 6. The van der Waals surface area contributed by atoms with Gasteiger partial charge in [-0.15, -0.1) is 0 Å². The van der Waals surface area contributed by atoms with Gasteiger partial charge in [-0.2, -0.15) is 0 Å². The third kappa shape index (κ3) is 5.55. The molecule has 0 aliphatic carbocycles. The van der Waals surface area contributed by atoms with Gasteiger partial charge in [0.2, 0.25) is 5.91 Å². The Morgan fingerprint density at radius 1 is 1.16 bits per heavy atom. The van der Waals surface area contributed by atoms with Crippen molar-refractivity contribution in [3.05, 3.63) is 36.3 Å². The van der Waals surface area contributed by atoms with Crippen LogP contribution in [0.5, 0.6) is 0 Å². The number of H-pyrrole nitrogens is 1. The Labute approximate surface area is 227 Å². The van der Waals surface area contributed by atoms with E-state index >= 15 is 0 Å². The van der Waals surface area contributed by atoms with Crippen molar-refractivity contribution in [3.8, 4) is 11.3 Å². The smallest absolute Gasteiger partial charge is 0.453 e. The molecule has 0 radical (unpaired) electrons. The molecule has 0 saturated carbocycles. The molecular weight excluding hydrogens is 499 g/mol. The minimum atomic E-state index is -1.68. The number of alkyl carbamates (subject to hydrolysis) is 1. The number of methoxy groups -OCH3 is 1. The molecule has 1 aromatic heterocycles. The normalized spacial score (nSPS) is 22.5. The highest BCUT2D eigenvalue weighted by molar-refractivity contribution is 6.78. The molecule has 0 bridgehead atoms. The van der Waals surface area contributed by atoms with Gasteiger partial charge in [-0.25, -0.2) is 9.78 Å². The first-order chi connectivity index (χ1) is 17.6. The molecule has 1 aromatic carbocycles. The van der Waals surface area contributed by atoms with E-state index in [2.05, 4.69) is 23.4 Å². The molecule has 2 amide bonds. The number of aromatic amines is 1. The van der Waals surface area contributed by atoms with Gasteiger partial charge in [0.25, 0.3) is 0 Å². The number of hydrogen-bond donors (Lipinski definition) is 2. The average molecular weight is 541 g/mol. The van der Waals surface area contributed by atoms with Crippen molar-refractivity contribution < 1.29 is 23.6 Å². The van der Waals surface area contributed by atoms with Crippen molar-refractivity contribution in [2.45, 2.75) is 84.0 Å².